The number of hydrogen-bond acceptors (Lipinski definition) is 1. The Hall–Kier alpha value is -0.890. The van der Waals surface area contributed by atoms with Gasteiger partial charge < -0.3 is 5.73 Å². The maximum atomic E-state index is 13.5. The number of benzene rings is 1. The zero-order valence-corrected chi connectivity index (χ0v) is 8.35. The monoisotopic (exact) mass is 193 g/mol. The van der Waals surface area contributed by atoms with Crippen LogP contribution in [0.5, 0.6) is 0 Å². The molecule has 0 aliphatic heterocycles. The van der Waals surface area contributed by atoms with E-state index in [9.17, 15) is 4.39 Å². The van der Waals surface area contributed by atoms with Gasteiger partial charge in [-0.05, 0) is 61.4 Å². The molecular formula is C12H16FN. The summed E-state index contributed by atoms with van der Waals surface area (Å²) in [5.74, 6) is -0.0425. The molecule has 14 heavy (non-hydrogen) atoms. The van der Waals surface area contributed by atoms with E-state index >= 15 is 0 Å². The van der Waals surface area contributed by atoms with E-state index in [2.05, 4.69) is 0 Å². The second-order valence-corrected chi connectivity index (χ2v) is 3.96. The van der Waals surface area contributed by atoms with E-state index < -0.39 is 0 Å². The molecule has 0 spiro atoms. The summed E-state index contributed by atoms with van der Waals surface area (Å²) in [5, 5.41) is 0. The number of rotatable bonds is 3. The molecule has 0 atom stereocenters. The normalized spacial score (nSPS) is 14.4. The number of hydrogen-bond donors (Lipinski definition) is 1. The van der Waals surface area contributed by atoms with Crippen molar-refractivity contribution in [3.05, 3.63) is 34.6 Å². The lowest BCUT2D eigenvalue weighted by molar-refractivity contribution is 0.603. The molecule has 0 radical (unpaired) electrons. The molecule has 0 fully saturated rings. The molecule has 2 rings (SSSR count). The molecule has 1 aliphatic carbocycles. The van der Waals surface area contributed by atoms with Crippen LogP contribution in [0.15, 0.2) is 12.1 Å². The van der Waals surface area contributed by atoms with Crippen LogP contribution in [-0.4, -0.2) is 6.54 Å². The molecule has 0 saturated heterocycles. The Labute approximate surface area is 84.1 Å². The first-order valence-electron chi connectivity index (χ1n) is 5.31. The van der Waals surface area contributed by atoms with E-state index in [0.717, 1.165) is 31.2 Å². The third-order valence-electron chi connectivity index (χ3n) is 2.91. The van der Waals surface area contributed by atoms with Gasteiger partial charge in [0.25, 0.3) is 0 Å². The first-order chi connectivity index (χ1) is 6.81. The summed E-state index contributed by atoms with van der Waals surface area (Å²) >= 11 is 0. The van der Waals surface area contributed by atoms with Gasteiger partial charge in [-0.15, -0.1) is 0 Å². The highest BCUT2D eigenvalue weighted by Crippen LogP contribution is 2.25. The van der Waals surface area contributed by atoms with Crippen molar-refractivity contribution in [3.63, 3.8) is 0 Å². The van der Waals surface area contributed by atoms with Crippen LogP contribution in [0, 0.1) is 5.82 Å². The van der Waals surface area contributed by atoms with Crippen molar-refractivity contribution >= 4 is 0 Å². The molecular weight excluding hydrogens is 177 g/mol. The lowest BCUT2D eigenvalue weighted by Gasteiger charge is -2.06. The van der Waals surface area contributed by atoms with Gasteiger partial charge >= 0.3 is 0 Å². The summed E-state index contributed by atoms with van der Waals surface area (Å²) in [4.78, 5) is 0. The highest BCUT2D eigenvalue weighted by molar-refractivity contribution is 5.36. The van der Waals surface area contributed by atoms with E-state index in [0.29, 0.717) is 6.54 Å². The number of aryl methyl sites for hydroxylation is 3. The van der Waals surface area contributed by atoms with Crippen molar-refractivity contribution in [1.82, 2.24) is 0 Å². The van der Waals surface area contributed by atoms with E-state index in [1.165, 1.54) is 17.5 Å². The van der Waals surface area contributed by atoms with Gasteiger partial charge in [0.15, 0.2) is 0 Å². The highest BCUT2D eigenvalue weighted by atomic mass is 19.1. The second-order valence-electron chi connectivity index (χ2n) is 3.96. The Morgan fingerprint density at radius 1 is 1.21 bits per heavy atom. The Morgan fingerprint density at radius 2 is 1.93 bits per heavy atom. The average Bonchev–Trinajstić information content (AvgIpc) is 2.61. The number of nitrogens with two attached hydrogens (primary N) is 1. The molecule has 0 aromatic heterocycles. The zero-order valence-electron chi connectivity index (χ0n) is 8.35. The summed E-state index contributed by atoms with van der Waals surface area (Å²) in [7, 11) is 0. The first-order valence-corrected chi connectivity index (χ1v) is 5.31. The van der Waals surface area contributed by atoms with Gasteiger partial charge in [-0.25, -0.2) is 4.39 Å². The minimum atomic E-state index is -0.0425. The summed E-state index contributed by atoms with van der Waals surface area (Å²) in [6.07, 6.45) is 4.98. The average molecular weight is 193 g/mol. The third-order valence-corrected chi connectivity index (χ3v) is 2.91. The van der Waals surface area contributed by atoms with Crippen LogP contribution in [-0.2, 0) is 19.3 Å². The molecule has 76 valence electrons. The van der Waals surface area contributed by atoms with E-state index in [1.807, 2.05) is 6.07 Å². The Bertz CT molecular complexity index is 333. The molecule has 0 saturated carbocycles. The van der Waals surface area contributed by atoms with Crippen molar-refractivity contribution in [2.24, 2.45) is 5.73 Å². The van der Waals surface area contributed by atoms with Gasteiger partial charge in [-0.1, -0.05) is 6.07 Å². The minimum absolute atomic E-state index is 0.0425. The molecule has 1 nitrogen and oxygen atoms in total. The maximum Gasteiger partial charge on any atom is 0.126 e. The van der Waals surface area contributed by atoms with Crippen molar-refractivity contribution in [3.8, 4) is 0 Å². The van der Waals surface area contributed by atoms with Crippen LogP contribution >= 0.6 is 0 Å². The zero-order chi connectivity index (χ0) is 9.97. The van der Waals surface area contributed by atoms with Crippen LogP contribution in [0.4, 0.5) is 4.39 Å². The smallest absolute Gasteiger partial charge is 0.126 e. The molecule has 0 bridgehead atoms. The van der Waals surface area contributed by atoms with Gasteiger partial charge in [0.1, 0.15) is 5.82 Å². The molecule has 0 amide bonds. The quantitative estimate of drug-likeness (QED) is 0.782. The largest absolute Gasteiger partial charge is 0.330 e. The van der Waals surface area contributed by atoms with Crippen molar-refractivity contribution in [2.45, 2.75) is 32.1 Å². The maximum absolute atomic E-state index is 13.5. The Morgan fingerprint density at radius 3 is 2.64 bits per heavy atom. The summed E-state index contributed by atoms with van der Waals surface area (Å²) in [5.41, 5.74) is 8.81. The number of halogens is 1. The van der Waals surface area contributed by atoms with Crippen molar-refractivity contribution < 1.29 is 4.39 Å². The standard InChI is InChI=1S/C12H16FN/c13-12-8-10-4-1-3-9(10)7-11(12)5-2-6-14/h7-8H,1-6,14H2. The fourth-order valence-corrected chi connectivity index (χ4v) is 2.13. The fraction of sp³-hybridized carbons (Fsp3) is 0.500. The van der Waals surface area contributed by atoms with E-state index in [4.69, 9.17) is 5.73 Å². The molecule has 1 aliphatic rings. The molecule has 2 heteroatoms. The summed E-state index contributed by atoms with van der Waals surface area (Å²) in [6, 6.07) is 3.75. The molecule has 0 heterocycles. The second kappa shape index (κ2) is 4.09. The fourth-order valence-electron chi connectivity index (χ4n) is 2.13. The van der Waals surface area contributed by atoms with Gasteiger partial charge in [0, 0.05) is 0 Å². The molecule has 1 aromatic rings. The van der Waals surface area contributed by atoms with E-state index in [1.54, 1.807) is 6.07 Å². The summed E-state index contributed by atoms with van der Waals surface area (Å²) in [6.45, 7) is 0.635. The lowest BCUT2D eigenvalue weighted by Crippen LogP contribution is -2.02. The Kier molecular flexibility index (Phi) is 2.82. The molecule has 2 N–H and O–H groups in total. The summed E-state index contributed by atoms with van der Waals surface area (Å²) < 4.78 is 13.5. The van der Waals surface area contributed by atoms with E-state index in [-0.39, 0.29) is 5.82 Å². The third kappa shape index (κ3) is 1.80. The van der Waals surface area contributed by atoms with Crippen LogP contribution < -0.4 is 5.73 Å². The van der Waals surface area contributed by atoms with Gasteiger partial charge in [0.2, 0.25) is 0 Å². The number of fused-ring (bicyclic) bond motifs is 1. The van der Waals surface area contributed by atoms with Crippen LogP contribution in [0.1, 0.15) is 29.5 Å². The van der Waals surface area contributed by atoms with Crippen molar-refractivity contribution in [2.75, 3.05) is 6.54 Å². The minimum Gasteiger partial charge on any atom is -0.330 e. The first kappa shape index (κ1) is 9.66. The van der Waals surface area contributed by atoms with Gasteiger partial charge in [0.05, 0.1) is 0 Å². The van der Waals surface area contributed by atoms with Crippen LogP contribution in [0.25, 0.3) is 0 Å². The van der Waals surface area contributed by atoms with Crippen molar-refractivity contribution in [1.29, 1.82) is 0 Å². The van der Waals surface area contributed by atoms with Gasteiger partial charge in [-0.3, -0.25) is 0 Å². The topological polar surface area (TPSA) is 26.0 Å². The predicted molar refractivity (Wildman–Crippen MR) is 55.8 cm³/mol. The molecule has 0 unspecified atom stereocenters. The Balaban J connectivity index is 2.23. The van der Waals surface area contributed by atoms with Gasteiger partial charge in [-0.2, -0.15) is 0 Å². The van der Waals surface area contributed by atoms with Crippen LogP contribution in [0.3, 0.4) is 0 Å². The lowest BCUT2D eigenvalue weighted by atomic mass is 10.0. The highest BCUT2D eigenvalue weighted by Gasteiger charge is 2.14. The SMILES string of the molecule is NCCCc1cc2c(cc1F)CCC2. The van der Waals surface area contributed by atoms with Crippen LogP contribution in [0.2, 0.25) is 0 Å². The predicted octanol–water partition coefficient (Wildman–Crippen LogP) is 2.21. The molecule has 1 aromatic carbocycles.